The van der Waals surface area contributed by atoms with Gasteiger partial charge in [0.2, 0.25) is 5.91 Å². The van der Waals surface area contributed by atoms with Gasteiger partial charge < -0.3 is 9.73 Å². The molecule has 2 heterocycles. The first-order valence-corrected chi connectivity index (χ1v) is 8.41. The highest BCUT2D eigenvalue weighted by atomic mass is 32.2. The van der Waals surface area contributed by atoms with Crippen LogP contribution in [0.1, 0.15) is 5.56 Å². The quantitative estimate of drug-likeness (QED) is 0.715. The largest absolute Gasteiger partial charge is 0.410 e. The molecule has 3 aromatic rings. The molecule has 0 atom stereocenters. The number of nitriles is 1. The lowest BCUT2D eigenvalue weighted by Gasteiger charge is -2.03. The Morgan fingerprint density at radius 2 is 2.13 bits per heavy atom. The maximum atomic E-state index is 11.9. The van der Waals surface area contributed by atoms with Crippen LogP contribution in [0.2, 0.25) is 0 Å². The lowest BCUT2D eigenvalue weighted by Crippen LogP contribution is -2.13. The van der Waals surface area contributed by atoms with E-state index < -0.39 is 0 Å². The molecule has 3 rings (SSSR count). The summed E-state index contributed by atoms with van der Waals surface area (Å²) < 4.78 is 5.49. The fourth-order valence-electron chi connectivity index (χ4n) is 1.72. The van der Waals surface area contributed by atoms with Gasteiger partial charge in [-0.2, -0.15) is 5.26 Å². The molecule has 1 aromatic carbocycles. The van der Waals surface area contributed by atoms with E-state index in [2.05, 4.69) is 15.5 Å². The number of anilines is 1. The molecule has 0 aliphatic rings. The van der Waals surface area contributed by atoms with E-state index in [4.69, 9.17) is 9.68 Å². The van der Waals surface area contributed by atoms with E-state index in [1.807, 2.05) is 23.6 Å². The normalized spacial score (nSPS) is 10.2. The summed E-state index contributed by atoms with van der Waals surface area (Å²) in [6.07, 6.45) is 0. The molecule has 0 bridgehead atoms. The molecule has 114 valence electrons. The van der Waals surface area contributed by atoms with Crippen LogP contribution in [-0.2, 0) is 4.79 Å². The lowest BCUT2D eigenvalue weighted by molar-refractivity contribution is -0.113. The molecule has 0 aliphatic carbocycles. The zero-order chi connectivity index (χ0) is 16.1. The summed E-state index contributed by atoms with van der Waals surface area (Å²) in [5.74, 6) is 0.428. The second-order valence-corrected chi connectivity index (χ2v) is 6.25. The van der Waals surface area contributed by atoms with Crippen LogP contribution in [0.15, 0.2) is 51.4 Å². The fourth-order valence-corrected chi connectivity index (χ4v) is 2.93. The van der Waals surface area contributed by atoms with Gasteiger partial charge in [0, 0.05) is 5.69 Å². The molecule has 0 spiro atoms. The van der Waals surface area contributed by atoms with Crippen LogP contribution in [0.3, 0.4) is 0 Å². The summed E-state index contributed by atoms with van der Waals surface area (Å²) in [6.45, 7) is 0. The predicted octanol–water partition coefficient (Wildman–Crippen LogP) is 3.40. The van der Waals surface area contributed by atoms with Crippen LogP contribution in [0.5, 0.6) is 0 Å². The molecular formula is C15H10N4O2S2. The van der Waals surface area contributed by atoms with Crippen molar-refractivity contribution in [2.75, 3.05) is 11.1 Å². The number of thiophene rings is 1. The van der Waals surface area contributed by atoms with Crippen molar-refractivity contribution in [1.29, 1.82) is 5.26 Å². The highest BCUT2D eigenvalue weighted by molar-refractivity contribution is 7.99. The highest BCUT2D eigenvalue weighted by Gasteiger charge is 2.11. The number of hydrogen-bond acceptors (Lipinski definition) is 7. The average Bonchev–Trinajstić information content (AvgIpc) is 3.25. The van der Waals surface area contributed by atoms with Crippen molar-refractivity contribution in [1.82, 2.24) is 10.2 Å². The van der Waals surface area contributed by atoms with E-state index in [0.717, 1.165) is 4.88 Å². The Balaban J connectivity index is 1.53. The molecule has 0 unspecified atom stereocenters. The van der Waals surface area contributed by atoms with E-state index in [1.54, 1.807) is 24.3 Å². The van der Waals surface area contributed by atoms with Gasteiger partial charge in [-0.3, -0.25) is 4.79 Å². The number of carbonyl (C=O) groups excluding carboxylic acids is 1. The average molecular weight is 342 g/mol. The molecule has 2 aromatic heterocycles. The first-order valence-electron chi connectivity index (χ1n) is 6.55. The maximum absolute atomic E-state index is 11.9. The van der Waals surface area contributed by atoms with Crippen molar-refractivity contribution in [3.63, 3.8) is 0 Å². The van der Waals surface area contributed by atoms with Crippen molar-refractivity contribution in [3.8, 4) is 16.8 Å². The number of thioether (sulfide) groups is 1. The summed E-state index contributed by atoms with van der Waals surface area (Å²) >= 11 is 2.68. The van der Waals surface area contributed by atoms with E-state index in [0.29, 0.717) is 22.4 Å². The molecule has 0 aliphatic heterocycles. The monoisotopic (exact) mass is 342 g/mol. The van der Waals surface area contributed by atoms with Crippen molar-refractivity contribution in [3.05, 3.63) is 47.3 Å². The molecule has 0 radical (unpaired) electrons. The van der Waals surface area contributed by atoms with Gasteiger partial charge in [-0.1, -0.05) is 17.8 Å². The topological polar surface area (TPSA) is 91.8 Å². The zero-order valence-electron chi connectivity index (χ0n) is 11.7. The van der Waals surface area contributed by atoms with Crippen LogP contribution < -0.4 is 5.32 Å². The van der Waals surface area contributed by atoms with Crippen LogP contribution in [0.4, 0.5) is 5.69 Å². The number of benzene rings is 1. The first-order chi connectivity index (χ1) is 11.2. The van der Waals surface area contributed by atoms with Crippen molar-refractivity contribution < 1.29 is 9.21 Å². The van der Waals surface area contributed by atoms with E-state index in [1.165, 1.54) is 23.1 Å². The zero-order valence-corrected chi connectivity index (χ0v) is 13.4. The summed E-state index contributed by atoms with van der Waals surface area (Å²) in [6, 6.07) is 12.5. The number of nitrogens with zero attached hydrogens (tertiary/aromatic N) is 3. The predicted molar refractivity (Wildman–Crippen MR) is 88.1 cm³/mol. The smallest absolute Gasteiger partial charge is 0.277 e. The summed E-state index contributed by atoms with van der Waals surface area (Å²) in [5, 5.41) is 21.6. The van der Waals surface area contributed by atoms with Crippen molar-refractivity contribution in [2.24, 2.45) is 0 Å². The van der Waals surface area contributed by atoms with Gasteiger partial charge in [0.25, 0.3) is 11.1 Å². The third-order valence-corrected chi connectivity index (χ3v) is 4.44. The molecule has 0 fully saturated rings. The number of carbonyl (C=O) groups is 1. The van der Waals surface area contributed by atoms with Crippen LogP contribution >= 0.6 is 23.1 Å². The Kier molecular flexibility index (Phi) is 4.71. The van der Waals surface area contributed by atoms with Crippen LogP contribution in [0.25, 0.3) is 10.8 Å². The molecule has 1 N–H and O–H groups in total. The Bertz CT molecular complexity index is 835. The minimum absolute atomic E-state index is 0.159. The van der Waals surface area contributed by atoms with Gasteiger partial charge in [-0.05, 0) is 35.7 Å². The molecule has 8 heteroatoms. The van der Waals surface area contributed by atoms with E-state index in [-0.39, 0.29) is 11.7 Å². The lowest BCUT2D eigenvalue weighted by atomic mass is 10.2. The molecule has 0 saturated carbocycles. The molecule has 23 heavy (non-hydrogen) atoms. The number of aromatic nitrogens is 2. The van der Waals surface area contributed by atoms with E-state index >= 15 is 0 Å². The number of rotatable bonds is 5. The van der Waals surface area contributed by atoms with Crippen molar-refractivity contribution >= 4 is 34.7 Å². The molecule has 6 nitrogen and oxygen atoms in total. The van der Waals surface area contributed by atoms with Gasteiger partial charge in [0.05, 0.1) is 22.3 Å². The summed E-state index contributed by atoms with van der Waals surface area (Å²) in [5.41, 5.74) is 1.18. The van der Waals surface area contributed by atoms with Crippen LogP contribution in [0, 0.1) is 11.3 Å². The molecular weight excluding hydrogens is 332 g/mol. The van der Waals surface area contributed by atoms with Gasteiger partial charge in [-0.15, -0.1) is 21.5 Å². The molecule has 0 saturated heterocycles. The SMILES string of the molecule is N#Cc1ccc(NC(=O)CSc2nnc(-c3cccs3)o2)cc1. The van der Waals surface area contributed by atoms with Crippen LogP contribution in [-0.4, -0.2) is 21.9 Å². The van der Waals surface area contributed by atoms with Gasteiger partial charge in [0.1, 0.15) is 0 Å². The van der Waals surface area contributed by atoms with Crippen molar-refractivity contribution in [2.45, 2.75) is 5.22 Å². The Morgan fingerprint density at radius 3 is 2.83 bits per heavy atom. The van der Waals surface area contributed by atoms with Gasteiger partial charge >= 0.3 is 0 Å². The third kappa shape index (κ3) is 3.97. The standard InChI is InChI=1S/C15H10N4O2S2/c16-8-10-3-5-11(6-4-10)17-13(20)9-23-15-19-18-14(21-15)12-2-1-7-22-12/h1-7H,9H2,(H,17,20). The summed E-state index contributed by atoms with van der Waals surface area (Å²) in [7, 11) is 0. The fraction of sp³-hybridized carbons (Fsp3) is 0.0667. The second-order valence-electron chi connectivity index (χ2n) is 4.38. The Hall–Kier alpha value is -2.63. The van der Waals surface area contributed by atoms with E-state index in [9.17, 15) is 4.79 Å². The Morgan fingerprint density at radius 1 is 1.30 bits per heavy atom. The number of nitrogens with one attached hydrogen (secondary N) is 1. The third-order valence-electron chi connectivity index (χ3n) is 2.76. The van der Waals surface area contributed by atoms with Gasteiger partial charge in [0.15, 0.2) is 0 Å². The first kappa shape index (κ1) is 15.3. The number of hydrogen-bond donors (Lipinski definition) is 1. The number of amides is 1. The Labute approximate surface area is 140 Å². The highest BCUT2D eigenvalue weighted by Crippen LogP contribution is 2.26. The minimum atomic E-state index is -0.185. The van der Waals surface area contributed by atoms with Gasteiger partial charge in [-0.25, -0.2) is 0 Å². The summed E-state index contributed by atoms with van der Waals surface area (Å²) in [4.78, 5) is 12.8. The maximum Gasteiger partial charge on any atom is 0.277 e. The molecule has 1 amide bonds. The minimum Gasteiger partial charge on any atom is -0.410 e. The second kappa shape index (κ2) is 7.09.